The van der Waals surface area contributed by atoms with E-state index < -0.39 is 0 Å². The first-order chi connectivity index (χ1) is 13.0. The number of aryl methyl sites for hydroxylation is 3. The van der Waals surface area contributed by atoms with Crippen molar-refractivity contribution in [2.24, 2.45) is 12.0 Å². The largest absolute Gasteiger partial charge is 0.368 e. The Morgan fingerprint density at radius 3 is 2.56 bits per heavy atom. The molecule has 0 unspecified atom stereocenters. The molecule has 7 nitrogen and oxygen atoms in total. The van der Waals surface area contributed by atoms with Crippen molar-refractivity contribution in [2.45, 2.75) is 19.6 Å². The van der Waals surface area contributed by atoms with Crippen LogP contribution >= 0.6 is 11.8 Å². The summed E-state index contributed by atoms with van der Waals surface area (Å²) in [5, 5.41) is 17.5. The Kier molecular flexibility index (Phi) is 5.52. The van der Waals surface area contributed by atoms with Gasteiger partial charge in [0.25, 0.3) is 0 Å². The van der Waals surface area contributed by atoms with Gasteiger partial charge in [-0.15, -0.1) is 0 Å². The number of thioether (sulfide) groups is 1. The zero-order valence-electron chi connectivity index (χ0n) is 15.2. The molecule has 0 amide bonds. The first kappa shape index (κ1) is 18.6. The Labute approximate surface area is 161 Å². The fraction of sp³-hybridized carbons (Fsp3) is 0.211. The molecule has 0 spiro atoms. The predicted molar refractivity (Wildman–Crippen MR) is 107 cm³/mol. The molecule has 27 heavy (non-hydrogen) atoms. The lowest BCUT2D eigenvalue weighted by atomic mass is 10.1. The lowest BCUT2D eigenvalue weighted by Gasteiger charge is -2.10. The number of aromatic nitrogens is 4. The molecule has 0 saturated heterocycles. The molecular formula is C19H18N6OS. The summed E-state index contributed by atoms with van der Waals surface area (Å²) in [6.45, 7) is 3.96. The van der Waals surface area contributed by atoms with E-state index in [2.05, 4.69) is 21.5 Å². The summed E-state index contributed by atoms with van der Waals surface area (Å²) >= 11 is 1.33. The zero-order valence-corrected chi connectivity index (χ0v) is 16.1. The number of hydrogen-bond acceptors (Lipinski definition) is 6. The number of hydrogen-bond donors (Lipinski definition) is 0. The SMILES string of the molecule is Cc1ccc(N=C(C#N)SCc2c(C)cccc2-n2nnn(C)c2=O)cc1. The lowest BCUT2D eigenvalue weighted by molar-refractivity contribution is 0.692. The minimum Gasteiger partial charge on any atom is -0.244 e. The lowest BCUT2D eigenvalue weighted by Crippen LogP contribution is -2.23. The van der Waals surface area contributed by atoms with Crippen LogP contribution in [0.15, 0.2) is 52.3 Å². The van der Waals surface area contributed by atoms with Gasteiger partial charge in [-0.25, -0.2) is 9.79 Å². The van der Waals surface area contributed by atoms with Crippen molar-refractivity contribution < 1.29 is 0 Å². The van der Waals surface area contributed by atoms with Gasteiger partial charge in [-0.2, -0.15) is 14.6 Å². The zero-order chi connectivity index (χ0) is 19.4. The molecule has 136 valence electrons. The summed E-state index contributed by atoms with van der Waals surface area (Å²) in [5.74, 6) is 0.489. The van der Waals surface area contributed by atoms with Crippen LogP contribution < -0.4 is 5.69 Å². The Hall–Kier alpha value is -3.18. The molecule has 2 aromatic carbocycles. The van der Waals surface area contributed by atoms with Crippen LogP contribution in [-0.2, 0) is 12.8 Å². The third-order valence-electron chi connectivity index (χ3n) is 4.05. The molecule has 0 fully saturated rings. The van der Waals surface area contributed by atoms with Gasteiger partial charge < -0.3 is 0 Å². The Bertz CT molecular complexity index is 1090. The monoisotopic (exact) mass is 378 g/mol. The van der Waals surface area contributed by atoms with Gasteiger partial charge in [0.1, 0.15) is 6.07 Å². The van der Waals surface area contributed by atoms with E-state index >= 15 is 0 Å². The maximum atomic E-state index is 12.2. The average Bonchev–Trinajstić information content (AvgIpc) is 3.00. The molecule has 1 aromatic heterocycles. The fourth-order valence-corrected chi connectivity index (χ4v) is 3.40. The highest BCUT2D eigenvalue weighted by Crippen LogP contribution is 2.24. The first-order valence-corrected chi connectivity index (χ1v) is 9.24. The molecule has 0 atom stereocenters. The summed E-state index contributed by atoms with van der Waals surface area (Å²) in [6.07, 6.45) is 0. The average molecular weight is 378 g/mol. The molecule has 0 N–H and O–H groups in total. The van der Waals surface area contributed by atoms with Crippen LogP contribution in [-0.4, -0.2) is 24.8 Å². The van der Waals surface area contributed by atoms with Crippen LogP contribution in [0.5, 0.6) is 0 Å². The minimum absolute atomic E-state index is 0.319. The maximum Gasteiger partial charge on any atom is 0.368 e. The van der Waals surface area contributed by atoms with Gasteiger partial charge >= 0.3 is 5.69 Å². The van der Waals surface area contributed by atoms with Crippen molar-refractivity contribution >= 4 is 22.5 Å². The summed E-state index contributed by atoms with van der Waals surface area (Å²) < 4.78 is 2.45. The van der Waals surface area contributed by atoms with Crippen LogP contribution in [0.25, 0.3) is 5.69 Å². The second kappa shape index (κ2) is 8.01. The molecule has 0 aliphatic heterocycles. The number of rotatable bonds is 4. The van der Waals surface area contributed by atoms with E-state index in [4.69, 9.17) is 0 Å². The summed E-state index contributed by atoms with van der Waals surface area (Å²) in [7, 11) is 1.55. The van der Waals surface area contributed by atoms with Gasteiger partial charge in [-0.3, -0.25) is 0 Å². The highest BCUT2D eigenvalue weighted by molar-refractivity contribution is 8.13. The topological polar surface area (TPSA) is 88.9 Å². The van der Waals surface area contributed by atoms with Crippen LogP contribution in [0, 0.1) is 25.2 Å². The van der Waals surface area contributed by atoms with Crippen LogP contribution in [0.3, 0.4) is 0 Å². The van der Waals surface area contributed by atoms with Crippen molar-refractivity contribution in [1.29, 1.82) is 5.26 Å². The number of nitriles is 1. The van der Waals surface area contributed by atoms with E-state index in [-0.39, 0.29) is 5.69 Å². The van der Waals surface area contributed by atoms with Gasteiger partial charge in [-0.1, -0.05) is 41.6 Å². The minimum atomic E-state index is -0.319. The highest BCUT2D eigenvalue weighted by atomic mass is 32.2. The van der Waals surface area contributed by atoms with Gasteiger partial charge in [0.15, 0.2) is 5.04 Å². The number of aliphatic imine (C=N–C) groups is 1. The maximum absolute atomic E-state index is 12.2. The number of tetrazole rings is 1. The Morgan fingerprint density at radius 2 is 1.93 bits per heavy atom. The molecule has 0 radical (unpaired) electrons. The third kappa shape index (κ3) is 4.15. The van der Waals surface area contributed by atoms with Crippen molar-refractivity contribution in [2.75, 3.05) is 0 Å². The number of benzene rings is 2. The predicted octanol–water partition coefficient (Wildman–Crippen LogP) is 3.07. The van der Waals surface area contributed by atoms with Crippen molar-refractivity contribution in [1.82, 2.24) is 19.8 Å². The quantitative estimate of drug-likeness (QED) is 0.514. The fourth-order valence-electron chi connectivity index (χ4n) is 2.50. The van der Waals surface area contributed by atoms with Crippen LogP contribution in [0.1, 0.15) is 16.7 Å². The van der Waals surface area contributed by atoms with E-state index in [9.17, 15) is 10.1 Å². The van der Waals surface area contributed by atoms with Gasteiger partial charge in [0.2, 0.25) is 0 Å². The second-order valence-electron chi connectivity index (χ2n) is 6.02. The summed E-state index contributed by atoms with van der Waals surface area (Å²) in [6, 6.07) is 15.5. The summed E-state index contributed by atoms with van der Waals surface area (Å²) in [4.78, 5) is 16.6. The molecular weight excluding hydrogens is 360 g/mol. The van der Waals surface area contributed by atoms with Gasteiger partial charge in [-0.05, 0) is 53.6 Å². The Morgan fingerprint density at radius 1 is 1.19 bits per heavy atom. The molecule has 0 bridgehead atoms. The van der Waals surface area contributed by atoms with Crippen LogP contribution in [0.4, 0.5) is 5.69 Å². The van der Waals surface area contributed by atoms with Gasteiger partial charge in [0.05, 0.1) is 11.4 Å². The van der Waals surface area contributed by atoms with Crippen molar-refractivity contribution in [3.8, 4) is 11.8 Å². The van der Waals surface area contributed by atoms with E-state index in [0.717, 1.165) is 22.4 Å². The van der Waals surface area contributed by atoms with E-state index in [1.165, 1.54) is 21.1 Å². The molecule has 0 saturated carbocycles. The normalized spacial score (nSPS) is 11.4. The molecule has 3 rings (SSSR count). The second-order valence-corrected chi connectivity index (χ2v) is 6.99. The first-order valence-electron chi connectivity index (χ1n) is 8.25. The van der Waals surface area contributed by atoms with Gasteiger partial charge in [0, 0.05) is 12.8 Å². The number of nitrogens with zero attached hydrogens (tertiary/aromatic N) is 6. The van der Waals surface area contributed by atoms with E-state index in [0.29, 0.717) is 16.5 Å². The van der Waals surface area contributed by atoms with Crippen molar-refractivity contribution in [3.63, 3.8) is 0 Å². The highest BCUT2D eigenvalue weighted by Gasteiger charge is 2.14. The third-order valence-corrected chi connectivity index (χ3v) is 4.94. The Balaban J connectivity index is 1.89. The molecule has 8 heteroatoms. The molecule has 1 heterocycles. The smallest absolute Gasteiger partial charge is 0.244 e. The molecule has 0 aliphatic carbocycles. The molecule has 3 aromatic rings. The summed E-state index contributed by atoms with van der Waals surface area (Å²) in [5.41, 5.74) is 4.13. The molecule has 0 aliphatic rings. The van der Waals surface area contributed by atoms with Crippen molar-refractivity contribution in [3.05, 3.63) is 69.6 Å². The standard InChI is InChI=1S/C19H18N6OS/c1-13-7-9-15(10-8-13)21-18(11-20)27-12-16-14(2)5-4-6-17(16)25-19(26)24(3)22-23-25/h4-10H,12H2,1-3H3. The van der Waals surface area contributed by atoms with E-state index in [1.807, 2.05) is 56.3 Å². The van der Waals surface area contributed by atoms with E-state index in [1.54, 1.807) is 7.05 Å². The van der Waals surface area contributed by atoms with Crippen LogP contribution in [0.2, 0.25) is 0 Å².